The summed E-state index contributed by atoms with van der Waals surface area (Å²) in [6.07, 6.45) is -4.77. The molecule has 0 saturated carbocycles. The Morgan fingerprint density at radius 1 is 0.821 bits per heavy atom. The minimum atomic E-state index is -4.77. The van der Waals surface area contributed by atoms with Crippen LogP contribution in [0.5, 0.6) is 0 Å². The highest BCUT2D eigenvalue weighted by Crippen LogP contribution is 2.34. The summed E-state index contributed by atoms with van der Waals surface area (Å²) in [5.41, 5.74) is 0.272. The Balaban J connectivity index is 1.73. The van der Waals surface area contributed by atoms with Gasteiger partial charge in [0.05, 0.1) is 16.5 Å². The summed E-state index contributed by atoms with van der Waals surface area (Å²) in [4.78, 5) is 19.3. The number of hydrogen-bond donors (Lipinski definition) is 1. The Kier molecular flexibility index (Phi) is 4.22. The van der Waals surface area contributed by atoms with Gasteiger partial charge in [-0.25, -0.2) is 9.37 Å². The minimum Gasteiger partial charge on any atom is -0.306 e. The van der Waals surface area contributed by atoms with Gasteiger partial charge in [-0.15, -0.1) is 0 Å². The van der Waals surface area contributed by atoms with Crippen LogP contribution >= 0.6 is 0 Å². The van der Waals surface area contributed by atoms with Crippen LogP contribution in [-0.4, -0.2) is 9.97 Å². The molecule has 0 unspecified atom stereocenters. The van der Waals surface area contributed by atoms with Crippen molar-refractivity contribution in [3.63, 3.8) is 0 Å². The van der Waals surface area contributed by atoms with Gasteiger partial charge < -0.3 is 4.98 Å². The van der Waals surface area contributed by atoms with Crippen molar-refractivity contribution in [2.75, 3.05) is 0 Å². The highest BCUT2D eigenvalue weighted by Gasteiger charge is 2.34. The molecule has 0 fully saturated rings. The molecule has 1 heterocycles. The maximum atomic E-state index is 13.5. The molecular formula is C21H12F4N2O. The maximum Gasteiger partial charge on any atom is 0.419 e. The van der Waals surface area contributed by atoms with Crippen LogP contribution in [0.25, 0.3) is 33.4 Å². The number of nitrogens with zero attached hydrogens (tertiary/aromatic N) is 1. The van der Waals surface area contributed by atoms with Crippen LogP contribution in [0, 0.1) is 5.82 Å². The largest absolute Gasteiger partial charge is 0.419 e. The highest BCUT2D eigenvalue weighted by molar-refractivity contribution is 5.79. The van der Waals surface area contributed by atoms with Gasteiger partial charge in [0.1, 0.15) is 11.6 Å². The minimum absolute atomic E-state index is 0.236. The molecule has 4 aromatic rings. The molecule has 0 aliphatic rings. The number of rotatable bonds is 2. The van der Waals surface area contributed by atoms with E-state index < -0.39 is 17.6 Å². The number of alkyl halides is 3. The van der Waals surface area contributed by atoms with Crippen LogP contribution in [-0.2, 0) is 6.18 Å². The van der Waals surface area contributed by atoms with Crippen molar-refractivity contribution in [1.82, 2.24) is 9.97 Å². The normalized spacial score (nSPS) is 11.7. The lowest BCUT2D eigenvalue weighted by atomic mass is 10.0. The summed E-state index contributed by atoms with van der Waals surface area (Å²) in [5.74, 6) is -0.962. The molecule has 0 aliphatic heterocycles. The molecule has 0 aliphatic carbocycles. The van der Waals surface area contributed by atoms with Crippen molar-refractivity contribution < 1.29 is 17.6 Å². The molecule has 140 valence electrons. The number of aromatic amines is 1. The molecule has 7 heteroatoms. The molecule has 0 bridgehead atoms. The van der Waals surface area contributed by atoms with E-state index in [1.165, 1.54) is 6.07 Å². The van der Waals surface area contributed by atoms with E-state index in [2.05, 4.69) is 9.97 Å². The van der Waals surface area contributed by atoms with Gasteiger partial charge in [0.15, 0.2) is 0 Å². The molecule has 0 spiro atoms. The standard InChI is InChI=1S/C21H12F4N2O/c22-17-10-9-14(11-16(17)21(23,24)25)12-5-7-13(8-6-12)19-26-18-4-2-1-3-15(18)20(28)27-19/h1-11H,(H,26,27,28). The molecule has 0 amide bonds. The van der Waals surface area contributed by atoms with Gasteiger partial charge in [-0.05, 0) is 35.4 Å². The number of halogens is 4. The van der Waals surface area contributed by atoms with Crippen molar-refractivity contribution in [2.45, 2.75) is 6.18 Å². The van der Waals surface area contributed by atoms with Crippen molar-refractivity contribution in [3.05, 3.63) is 88.5 Å². The zero-order valence-corrected chi connectivity index (χ0v) is 14.2. The second-order valence-electron chi connectivity index (χ2n) is 6.20. The van der Waals surface area contributed by atoms with Crippen LogP contribution in [0.1, 0.15) is 5.56 Å². The van der Waals surface area contributed by atoms with E-state index in [0.29, 0.717) is 27.9 Å². The average Bonchev–Trinajstić information content (AvgIpc) is 2.67. The lowest BCUT2D eigenvalue weighted by molar-refractivity contribution is -0.139. The first-order valence-electron chi connectivity index (χ1n) is 8.29. The first-order valence-corrected chi connectivity index (χ1v) is 8.29. The zero-order chi connectivity index (χ0) is 19.9. The van der Waals surface area contributed by atoms with Crippen molar-refractivity contribution in [2.24, 2.45) is 0 Å². The maximum absolute atomic E-state index is 13.5. The lowest BCUT2D eigenvalue weighted by Gasteiger charge is -2.11. The third-order valence-electron chi connectivity index (χ3n) is 4.38. The lowest BCUT2D eigenvalue weighted by Crippen LogP contribution is -2.09. The van der Waals surface area contributed by atoms with Crippen LogP contribution in [0.15, 0.2) is 71.5 Å². The van der Waals surface area contributed by atoms with Crippen molar-refractivity contribution in [3.8, 4) is 22.5 Å². The fourth-order valence-electron chi connectivity index (χ4n) is 2.97. The Morgan fingerprint density at radius 2 is 1.46 bits per heavy atom. The Bertz CT molecular complexity index is 1230. The summed E-state index contributed by atoms with van der Waals surface area (Å²) in [6.45, 7) is 0. The van der Waals surface area contributed by atoms with Crippen LogP contribution in [0.2, 0.25) is 0 Å². The predicted molar refractivity (Wildman–Crippen MR) is 98.2 cm³/mol. The summed E-state index contributed by atoms with van der Waals surface area (Å²) in [6, 6.07) is 16.2. The summed E-state index contributed by atoms with van der Waals surface area (Å²) >= 11 is 0. The Hall–Kier alpha value is -3.48. The molecule has 0 radical (unpaired) electrons. The second kappa shape index (κ2) is 6.60. The number of benzene rings is 3. The van der Waals surface area contributed by atoms with Gasteiger partial charge in [-0.3, -0.25) is 4.79 Å². The van der Waals surface area contributed by atoms with E-state index in [1.807, 2.05) is 0 Å². The molecule has 0 atom stereocenters. The number of hydrogen-bond acceptors (Lipinski definition) is 2. The van der Waals surface area contributed by atoms with E-state index in [0.717, 1.165) is 12.1 Å². The van der Waals surface area contributed by atoms with Crippen LogP contribution in [0.3, 0.4) is 0 Å². The predicted octanol–water partition coefficient (Wildman–Crippen LogP) is 5.42. The Labute approximate surface area is 156 Å². The van der Waals surface area contributed by atoms with Gasteiger partial charge in [-0.1, -0.05) is 42.5 Å². The van der Waals surface area contributed by atoms with Gasteiger partial charge in [0.25, 0.3) is 5.56 Å². The number of nitrogens with one attached hydrogen (secondary N) is 1. The first kappa shape index (κ1) is 17.9. The van der Waals surface area contributed by atoms with Crippen LogP contribution < -0.4 is 5.56 Å². The quantitative estimate of drug-likeness (QED) is 0.470. The second-order valence-corrected chi connectivity index (χ2v) is 6.20. The number of fused-ring (bicyclic) bond motifs is 1. The monoisotopic (exact) mass is 384 g/mol. The smallest absolute Gasteiger partial charge is 0.306 e. The number of para-hydroxylation sites is 1. The van der Waals surface area contributed by atoms with Crippen molar-refractivity contribution >= 4 is 10.9 Å². The fraction of sp³-hybridized carbons (Fsp3) is 0.0476. The molecule has 0 saturated heterocycles. The number of H-pyrrole nitrogens is 1. The van der Waals surface area contributed by atoms with Crippen LogP contribution in [0.4, 0.5) is 17.6 Å². The van der Waals surface area contributed by atoms with E-state index >= 15 is 0 Å². The SMILES string of the molecule is O=c1[nH]c(-c2ccc(-c3ccc(F)c(C(F)(F)F)c3)cc2)nc2ccccc12. The highest BCUT2D eigenvalue weighted by atomic mass is 19.4. The molecular weight excluding hydrogens is 372 g/mol. The average molecular weight is 384 g/mol. The van der Waals surface area contributed by atoms with Crippen molar-refractivity contribution in [1.29, 1.82) is 0 Å². The third kappa shape index (κ3) is 3.26. The van der Waals surface area contributed by atoms with E-state index in [-0.39, 0.29) is 11.1 Å². The number of aromatic nitrogens is 2. The Morgan fingerprint density at radius 3 is 2.18 bits per heavy atom. The molecule has 1 N–H and O–H groups in total. The summed E-state index contributed by atoms with van der Waals surface area (Å²) in [7, 11) is 0. The summed E-state index contributed by atoms with van der Waals surface area (Å²) < 4.78 is 52.2. The topological polar surface area (TPSA) is 45.8 Å². The van der Waals surface area contributed by atoms with Gasteiger partial charge >= 0.3 is 6.18 Å². The van der Waals surface area contributed by atoms with Gasteiger partial charge in [0.2, 0.25) is 0 Å². The first-order chi connectivity index (χ1) is 13.3. The third-order valence-corrected chi connectivity index (χ3v) is 4.38. The molecule has 4 rings (SSSR count). The molecule has 1 aromatic heterocycles. The van der Waals surface area contributed by atoms with E-state index in [9.17, 15) is 22.4 Å². The zero-order valence-electron chi connectivity index (χ0n) is 14.2. The van der Waals surface area contributed by atoms with Gasteiger partial charge in [-0.2, -0.15) is 13.2 Å². The fourth-order valence-corrected chi connectivity index (χ4v) is 2.97. The molecule has 3 nitrogen and oxygen atoms in total. The van der Waals surface area contributed by atoms with E-state index in [4.69, 9.17) is 0 Å². The molecule has 28 heavy (non-hydrogen) atoms. The molecule has 3 aromatic carbocycles. The summed E-state index contributed by atoms with van der Waals surface area (Å²) in [5, 5.41) is 0.467. The van der Waals surface area contributed by atoms with Gasteiger partial charge in [0, 0.05) is 5.56 Å². The van der Waals surface area contributed by atoms with E-state index in [1.54, 1.807) is 48.5 Å².